The Morgan fingerprint density at radius 3 is 2.50 bits per heavy atom. The summed E-state index contributed by atoms with van der Waals surface area (Å²) in [5.41, 5.74) is -0.117. The lowest BCUT2D eigenvalue weighted by Gasteiger charge is -2.17. The number of hydrogen-bond donors (Lipinski definition) is 0. The highest BCUT2D eigenvalue weighted by atomic mass is 35.5. The highest BCUT2D eigenvalue weighted by Gasteiger charge is 2.09. The maximum atomic E-state index is 11.5. The molecule has 1 aromatic rings. The lowest BCUT2D eigenvalue weighted by molar-refractivity contribution is -0.143. The molecule has 0 aliphatic rings. The van der Waals surface area contributed by atoms with Crippen LogP contribution in [0, 0.1) is 0 Å². The summed E-state index contributed by atoms with van der Waals surface area (Å²) in [7, 11) is 0. The van der Waals surface area contributed by atoms with Crippen LogP contribution in [0.5, 0.6) is 0 Å². The second kappa shape index (κ2) is 6.68. The van der Waals surface area contributed by atoms with Crippen LogP contribution in [0.25, 0.3) is 0 Å². The molecule has 90 valence electrons. The fraction of sp³-hybridized carbons (Fsp3) is 0.545. The average molecular weight is 246 g/mol. The highest BCUT2D eigenvalue weighted by Crippen LogP contribution is 2.05. The quantitative estimate of drug-likeness (QED) is 0.719. The molecule has 0 fully saturated rings. The fourth-order valence-electron chi connectivity index (χ4n) is 1.33. The molecule has 1 aromatic heterocycles. The van der Waals surface area contributed by atoms with Crippen molar-refractivity contribution < 1.29 is 9.47 Å². The highest BCUT2D eigenvalue weighted by molar-refractivity contribution is 6.30. The summed E-state index contributed by atoms with van der Waals surface area (Å²) in [6, 6.07) is 2.99. The van der Waals surface area contributed by atoms with Crippen LogP contribution < -0.4 is 5.56 Å². The molecule has 0 N–H and O–H groups in total. The maximum absolute atomic E-state index is 11.5. The Kier molecular flexibility index (Phi) is 5.52. The van der Waals surface area contributed by atoms with Gasteiger partial charge in [0.25, 0.3) is 5.56 Å². The third-order valence-electron chi connectivity index (χ3n) is 2.00. The molecule has 0 saturated carbocycles. The van der Waals surface area contributed by atoms with Crippen LogP contribution in [0.15, 0.2) is 23.1 Å². The van der Waals surface area contributed by atoms with E-state index < -0.39 is 6.29 Å². The van der Waals surface area contributed by atoms with Gasteiger partial charge < -0.3 is 14.0 Å². The summed E-state index contributed by atoms with van der Waals surface area (Å²) < 4.78 is 12.2. The Hall–Kier alpha value is -0.840. The summed E-state index contributed by atoms with van der Waals surface area (Å²) >= 11 is 5.81. The van der Waals surface area contributed by atoms with E-state index in [0.29, 0.717) is 24.8 Å². The van der Waals surface area contributed by atoms with Gasteiger partial charge in [-0.3, -0.25) is 4.79 Å². The fourth-order valence-corrected chi connectivity index (χ4v) is 1.51. The zero-order chi connectivity index (χ0) is 12.0. The number of rotatable bonds is 6. The molecule has 0 aromatic carbocycles. The van der Waals surface area contributed by atoms with Crippen molar-refractivity contribution in [2.24, 2.45) is 0 Å². The van der Waals surface area contributed by atoms with E-state index in [0.717, 1.165) is 0 Å². The average Bonchev–Trinajstić information content (AvgIpc) is 2.24. The number of nitrogens with zero attached hydrogens (tertiary/aromatic N) is 1. The lowest BCUT2D eigenvalue weighted by atomic mass is 10.4. The summed E-state index contributed by atoms with van der Waals surface area (Å²) in [6.07, 6.45) is 1.17. The van der Waals surface area contributed by atoms with Crippen LogP contribution >= 0.6 is 11.6 Å². The molecule has 1 heterocycles. The molecule has 1 rings (SSSR count). The minimum atomic E-state index is -0.411. The van der Waals surface area contributed by atoms with Gasteiger partial charge in [0.05, 0.1) is 11.6 Å². The molecule has 0 aliphatic heterocycles. The second-order valence-corrected chi connectivity index (χ2v) is 3.61. The number of halogens is 1. The molecule has 0 atom stereocenters. The van der Waals surface area contributed by atoms with Gasteiger partial charge in [-0.2, -0.15) is 0 Å². The molecular formula is C11H16ClNO3. The SMILES string of the molecule is CCOC(Cn1cc(Cl)ccc1=O)OCC. The maximum Gasteiger partial charge on any atom is 0.250 e. The molecule has 0 unspecified atom stereocenters. The molecule has 4 nitrogen and oxygen atoms in total. The topological polar surface area (TPSA) is 40.5 Å². The molecule has 16 heavy (non-hydrogen) atoms. The van der Waals surface area contributed by atoms with E-state index >= 15 is 0 Å². The van der Waals surface area contributed by atoms with Gasteiger partial charge in [0, 0.05) is 25.5 Å². The van der Waals surface area contributed by atoms with E-state index in [9.17, 15) is 4.79 Å². The van der Waals surface area contributed by atoms with Crippen molar-refractivity contribution in [2.45, 2.75) is 26.7 Å². The Balaban J connectivity index is 2.75. The van der Waals surface area contributed by atoms with E-state index in [1.807, 2.05) is 13.8 Å². The Morgan fingerprint density at radius 1 is 1.31 bits per heavy atom. The molecule has 0 saturated heterocycles. The summed E-state index contributed by atoms with van der Waals surface area (Å²) in [6.45, 7) is 5.20. The van der Waals surface area contributed by atoms with Crippen molar-refractivity contribution >= 4 is 11.6 Å². The van der Waals surface area contributed by atoms with Gasteiger partial charge in [0.2, 0.25) is 0 Å². The van der Waals surface area contributed by atoms with Crippen LogP contribution in [0.3, 0.4) is 0 Å². The first-order valence-corrected chi connectivity index (χ1v) is 5.64. The number of pyridine rings is 1. The molecule has 0 radical (unpaired) electrons. The van der Waals surface area contributed by atoms with Gasteiger partial charge in [-0.25, -0.2) is 0 Å². The van der Waals surface area contributed by atoms with Crippen molar-refractivity contribution in [3.8, 4) is 0 Å². The van der Waals surface area contributed by atoms with E-state index in [2.05, 4.69) is 0 Å². The lowest BCUT2D eigenvalue weighted by Crippen LogP contribution is -2.29. The van der Waals surface area contributed by atoms with Crippen LogP contribution in [0.4, 0.5) is 0 Å². The first-order valence-electron chi connectivity index (χ1n) is 5.26. The molecular weight excluding hydrogens is 230 g/mol. The minimum Gasteiger partial charge on any atom is -0.351 e. The Morgan fingerprint density at radius 2 is 1.94 bits per heavy atom. The van der Waals surface area contributed by atoms with Crippen LogP contribution in [0.2, 0.25) is 5.02 Å². The Labute approximate surface area is 99.7 Å². The van der Waals surface area contributed by atoms with Gasteiger partial charge >= 0.3 is 0 Å². The van der Waals surface area contributed by atoms with Gasteiger partial charge in [-0.15, -0.1) is 0 Å². The number of ether oxygens (including phenoxy) is 2. The van der Waals surface area contributed by atoms with Crippen LogP contribution in [-0.4, -0.2) is 24.1 Å². The number of aromatic nitrogens is 1. The summed E-state index contributed by atoms with van der Waals surface area (Å²) in [5, 5.41) is 0.520. The van der Waals surface area contributed by atoms with Crippen molar-refractivity contribution in [1.29, 1.82) is 0 Å². The predicted octanol–water partition coefficient (Wildman–Crippen LogP) is 1.90. The molecule has 0 aliphatic carbocycles. The van der Waals surface area contributed by atoms with E-state index in [4.69, 9.17) is 21.1 Å². The monoisotopic (exact) mass is 245 g/mol. The van der Waals surface area contributed by atoms with Gasteiger partial charge in [-0.1, -0.05) is 11.6 Å². The zero-order valence-corrected chi connectivity index (χ0v) is 10.2. The van der Waals surface area contributed by atoms with Crippen molar-refractivity contribution in [3.05, 3.63) is 33.7 Å². The van der Waals surface area contributed by atoms with Gasteiger partial charge in [-0.05, 0) is 19.9 Å². The first kappa shape index (κ1) is 13.2. The normalized spacial score (nSPS) is 11.0. The summed E-state index contributed by atoms with van der Waals surface area (Å²) in [5.74, 6) is 0. The smallest absolute Gasteiger partial charge is 0.250 e. The largest absolute Gasteiger partial charge is 0.351 e. The predicted molar refractivity (Wildman–Crippen MR) is 62.8 cm³/mol. The van der Waals surface area contributed by atoms with Crippen molar-refractivity contribution in [3.63, 3.8) is 0 Å². The molecule has 5 heteroatoms. The van der Waals surface area contributed by atoms with Crippen LogP contribution in [0.1, 0.15) is 13.8 Å². The van der Waals surface area contributed by atoms with Crippen molar-refractivity contribution in [1.82, 2.24) is 4.57 Å². The van der Waals surface area contributed by atoms with E-state index in [1.165, 1.54) is 10.6 Å². The standard InChI is InChI=1S/C11H16ClNO3/c1-3-15-11(16-4-2)8-13-7-9(12)5-6-10(13)14/h5-7,11H,3-4,8H2,1-2H3. The minimum absolute atomic E-state index is 0.117. The Bertz CT molecular complexity index is 372. The molecule has 0 spiro atoms. The summed E-state index contributed by atoms with van der Waals surface area (Å²) in [4.78, 5) is 11.5. The van der Waals surface area contributed by atoms with Crippen LogP contribution in [-0.2, 0) is 16.0 Å². The van der Waals surface area contributed by atoms with Crippen molar-refractivity contribution in [2.75, 3.05) is 13.2 Å². The third kappa shape index (κ3) is 3.96. The number of hydrogen-bond acceptors (Lipinski definition) is 3. The van der Waals surface area contributed by atoms with E-state index in [-0.39, 0.29) is 5.56 Å². The van der Waals surface area contributed by atoms with Gasteiger partial charge in [0.15, 0.2) is 6.29 Å². The van der Waals surface area contributed by atoms with Gasteiger partial charge in [0.1, 0.15) is 0 Å². The second-order valence-electron chi connectivity index (χ2n) is 3.18. The first-order chi connectivity index (χ1) is 7.67. The molecule has 0 amide bonds. The van der Waals surface area contributed by atoms with E-state index in [1.54, 1.807) is 12.3 Å². The molecule has 0 bridgehead atoms. The zero-order valence-electron chi connectivity index (χ0n) is 9.48. The third-order valence-corrected chi connectivity index (χ3v) is 2.22.